The monoisotopic (exact) mass is 248 g/mol. The van der Waals surface area contributed by atoms with Gasteiger partial charge in [-0.2, -0.15) is 0 Å². The lowest BCUT2D eigenvalue weighted by molar-refractivity contribution is 0.397. The molecule has 1 heterocycles. The lowest BCUT2D eigenvalue weighted by Crippen LogP contribution is -2.30. The Balaban J connectivity index is 2.49. The summed E-state index contributed by atoms with van der Waals surface area (Å²) in [6, 6.07) is 4.52. The zero-order valence-corrected chi connectivity index (χ0v) is 11.5. The Labute approximate surface area is 110 Å². The molecule has 1 unspecified atom stereocenters. The van der Waals surface area contributed by atoms with E-state index in [0.29, 0.717) is 11.9 Å². The maximum absolute atomic E-state index is 5.06. The Morgan fingerprint density at radius 2 is 2.33 bits per heavy atom. The van der Waals surface area contributed by atoms with E-state index in [1.165, 1.54) is 18.4 Å². The van der Waals surface area contributed by atoms with Gasteiger partial charge in [0.25, 0.3) is 0 Å². The van der Waals surface area contributed by atoms with Crippen LogP contribution in [-0.2, 0) is 6.42 Å². The molecule has 0 saturated heterocycles. The van der Waals surface area contributed by atoms with Crippen LogP contribution in [0.1, 0.15) is 31.7 Å². The summed E-state index contributed by atoms with van der Waals surface area (Å²) in [6.07, 6.45) is 8.34. The lowest BCUT2D eigenvalue weighted by atomic mass is 10.0. The van der Waals surface area contributed by atoms with Gasteiger partial charge in [-0.05, 0) is 37.8 Å². The molecule has 3 heteroatoms. The molecule has 0 aliphatic carbocycles. The predicted molar refractivity (Wildman–Crippen MR) is 76.0 cm³/mol. The van der Waals surface area contributed by atoms with Crippen molar-refractivity contribution >= 4 is 0 Å². The quantitative estimate of drug-likeness (QED) is 0.539. The van der Waals surface area contributed by atoms with Gasteiger partial charge in [0.1, 0.15) is 0 Å². The number of likely N-dealkylation sites (N-methyl/N-ethyl adjacent to an activating group) is 1. The molecule has 0 aliphatic heterocycles. The van der Waals surface area contributed by atoms with Gasteiger partial charge in [-0.1, -0.05) is 19.1 Å². The summed E-state index contributed by atoms with van der Waals surface area (Å²) in [5, 5.41) is 3.53. The zero-order chi connectivity index (χ0) is 13.2. The highest BCUT2D eigenvalue weighted by atomic mass is 16.5. The zero-order valence-electron chi connectivity index (χ0n) is 11.5. The minimum absolute atomic E-state index is 0.519. The summed E-state index contributed by atoms with van der Waals surface area (Å²) in [5.74, 6) is 0.672. The minimum atomic E-state index is 0.519. The Bertz CT molecular complexity index is 335. The second-order valence-electron chi connectivity index (χ2n) is 4.39. The molecule has 18 heavy (non-hydrogen) atoms. The van der Waals surface area contributed by atoms with E-state index in [0.717, 1.165) is 19.4 Å². The highest BCUT2D eigenvalue weighted by Crippen LogP contribution is 2.11. The van der Waals surface area contributed by atoms with Gasteiger partial charge in [-0.3, -0.25) is 0 Å². The van der Waals surface area contributed by atoms with Gasteiger partial charge in [0.15, 0.2) is 0 Å². The van der Waals surface area contributed by atoms with Crippen LogP contribution in [0, 0.1) is 0 Å². The van der Waals surface area contributed by atoms with E-state index < -0.39 is 0 Å². The number of ether oxygens (including phenoxy) is 1. The molecular weight excluding hydrogens is 224 g/mol. The molecule has 1 N–H and O–H groups in total. The van der Waals surface area contributed by atoms with E-state index in [-0.39, 0.29) is 0 Å². The molecule has 0 bridgehead atoms. The second kappa shape index (κ2) is 8.70. The molecule has 100 valence electrons. The minimum Gasteiger partial charge on any atom is -0.481 e. The van der Waals surface area contributed by atoms with Crippen LogP contribution < -0.4 is 10.1 Å². The van der Waals surface area contributed by atoms with Crippen molar-refractivity contribution in [2.75, 3.05) is 13.7 Å². The van der Waals surface area contributed by atoms with Crippen LogP contribution in [0.15, 0.2) is 31.0 Å². The van der Waals surface area contributed by atoms with Gasteiger partial charge in [0.2, 0.25) is 5.88 Å². The summed E-state index contributed by atoms with van der Waals surface area (Å²) in [6.45, 7) is 6.91. The van der Waals surface area contributed by atoms with Crippen LogP contribution in [-0.4, -0.2) is 24.7 Å². The SMILES string of the molecule is C=CCCCC(Cc1ccc(OC)nc1)NCC. The highest BCUT2D eigenvalue weighted by molar-refractivity contribution is 5.18. The van der Waals surface area contributed by atoms with Gasteiger partial charge >= 0.3 is 0 Å². The van der Waals surface area contributed by atoms with Crippen LogP contribution in [0.5, 0.6) is 5.88 Å². The second-order valence-corrected chi connectivity index (χ2v) is 4.39. The number of nitrogens with one attached hydrogen (secondary N) is 1. The first-order chi connectivity index (χ1) is 8.80. The van der Waals surface area contributed by atoms with Crippen LogP contribution in [0.3, 0.4) is 0 Å². The highest BCUT2D eigenvalue weighted by Gasteiger charge is 2.08. The summed E-state index contributed by atoms with van der Waals surface area (Å²) in [4.78, 5) is 4.24. The molecule has 0 aromatic carbocycles. The van der Waals surface area contributed by atoms with Crippen molar-refractivity contribution in [2.24, 2.45) is 0 Å². The smallest absolute Gasteiger partial charge is 0.212 e. The third-order valence-corrected chi connectivity index (χ3v) is 2.94. The summed E-state index contributed by atoms with van der Waals surface area (Å²) < 4.78 is 5.06. The Kier molecular flexibility index (Phi) is 7.11. The first-order valence-corrected chi connectivity index (χ1v) is 6.63. The fourth-order valence-electron chi connectivity index (χ4n) is 2.01. The molecule has 0 saturated carbocycles. The molecule has 0 fully saturated rings. The molecular formula is C15H24N2O. The van der Waals surface area contributed by atoms with E-state index in [1.54, 1.807) is 7.11 Å². The van der Waals surface area contributed by atoms with Crippen molar-refractivity contribution in [2.45, 2.75) is 38.6 Å². The number of unbranched alkanes of at least 4 members (excludes halogenated alkanes) is 1. The molecule has 1 aromatic rings. The summed E-state index contributed by atoms with van der Waals surface area (Å²) in [5.41, 5.74) is 1.25. The van der Waals surface area contributed by atoms with Gasteiger partial charge in [0.05, 0.1) is 7.11 Å². The third-order valence-electron chi connectivity index (χ3n) is 2.94. The molecule has 1 atom stereocenters. The first-order valence-electron chi connectivity index (χ1n) is 6.63. The maximum Gasteiger partial charge on any atom is 0.212 e. The van der Waals surface area contributed by atoms with Crippen molar-refractivity contribution in [3.8, 4) is 5.88 Å². The van der Waals surface area contributed by atoms with Gasteiger partial charge < -0.3 is 10.1 Å². The van der Waals surface area contributed by atoms with E-state index in [9.17, 15) is 0 Å². The number of hydrogen-bond acceptors (Lipinski definition) is 3. The number of rotatable bonds is 9. The van der Waals surface area contributed by atoms with Crippen molar-refractivity contribution in [1.82, 2.24) is 10.3 Å². The molecule has 0 spiro atoms. The Morgan fingerprint density at radius 1 is 1.50 bits per heavy atom. The average Bonchev–Trinajstić information content (AvgIpc) is 2.40. The number of aromatic nitrogens is 1. The third kappa shape index (κ3) is 5.32. The molecule has 0 amide bonds. The van der Waals surface area contributed by atoms with Crippen LogP contribution in [0.4, 0.5) is 0 Å². The summed E-state index contributed by atoms with van der Waals surface area (Å²) >= 11 is 0. The normalized spacial score (nSPS) is 12.1. The molecule has 3 nitrogen and oxygen atoms in total. The number of pyridine rings is 1. The van der Waals surface area contributed by atoms with E-state index >= 15 is 0 Å². The van der Waals surface area contributed by atoms with E-state index in [1.807, 2.05) is 18.3 Å². The molecule has 0 aliphatic rings. The van der Waals surface area contributed by atoms with Gasteiger partial charge in [-0.15, -0.1) is 6.58 Å². The van der Waals surface area contributed by atoms with Gasteiger partial charge in [0, 0.05) is 18.3 Å². The van der Waals surface area contributed by atoms with E-state index in [4.69, 9.17) is 4.74 Å². The standard InChI is InChI=1S/C15H24N2O/c1-4-6-7-8-14(16-5-2)11-13-9-10-15(18-3)17-12-13/h4,9-10,12,14,16H,1,5-8,11H2,2-3H3. The van der Waals surface area contributed by atoms with Crippen molar-refractivity contribution in [3.63, 3.8) is 0 Å². The maximum atomic E-state index is 5.06. The van der Waals surface area contributed by atoms with Crippen molar-refractivity contribution < 1.29 is 4.74 Å². The Hall–Kier alpha value is -1.35. The van der Waals surface area contributed by atoms with Crippen molar-refractivity contribution in [1.29, 1.82) is 0 Å². The molecule has 1 aromatic heterocycles. The number of methoxy groups -OCH3 is 1. The fourth-order valence-corrected chi connectivity index (χ4v) is 2.01. The molecule has 1 rings (SSSR count). The number of nitrogens with zero attached hydrogens (tertiary/aromatic N) is 1. The fraction of sp³-hybridized carbons (Fsp3) is 0.533. The first kappa shape index (κ1) is 14.7. The van der Waals surface area contributed by atoms with Crippen molar-refractivity contribution in [3.05, 3.63) is 36.5 Å². The van der Waals surface area contributed by atoms with E-state index in [2.05, 4.69) is 29.9 Å². The predicted octanol–water partition coefficient (Wildman–Crippen LogP) is 2.97. The van der Waals surface area contributed by atoms with Crippen LogP contribution in [0.25, 0.3) is 0 Å². The largest absolute Gasteiger partial charge is 0.481 e. The van der Waals surface area contributed by atoms with Crippen LogP contribution in [0.2, 0.25) is 0 Å². The average molecular weight is 248 g/mol. The van der Waals surface area contributed by atoms with Crippen LogP contribution >= 0.6 is 0 Å². The lowest BCUT2D eigenvalue weighted by Gasteiger charge is -2.17. The Morgan fingerprint density at radius 3 is 2.89 bits per heavy atom. The number of allylic oxidation sites excluding steroid dienone is 1. The topological polar surface area (TPSA) is 34.1 Å². The van der Waals surface area contributed by atoms with Gasteiger partial charge in [-0.25, -0.2) is 4.98 Å². The number of hydrogen-bond donors (Lipinski definition) is 1. The summed E-state index contributed by atoms with van der Waals surface area (Å²) in [7, 11) is 1.64. The molecule has 0 radical (unpaired) electrons.